The second-order valence-electron chi connectivity index (χ2n) is 10.3. The molecule has 2 aromatic rings. The largest absolute Gasteiger partial charge is 0.392 e. The van der Waals surface area contributed by atoms with Gasteiger partial charge in [-0.15, -0.1) is 0 Å². The van der Waals surface area contributed by atoms with Crippen molar-refractivity contribution < 1.29 is 19.6 Å². The molecule has 1 amide bonds. The molecule has 0 aromatic heterocycles. The highest BCUT2D eigenvalue weighted by atomic mass is 32.2. The highest BCUT2D eigenvalue weighted by Gasteiger charge is 2.68. The van der Waals surface area contributed by atoms with Gasteiger partial charge < -0.3 is 5.11 Å². The van der Waals surface area contributed by atoms with Gasteiger partial charge in [-0.1, -0.05) is 73.8 Å². The molecule has 3 heterocycles. The lowest BCUT2D eigenvalue weighted by Crippen LogP contribution is -2.71. The molecule has 1 N–H and O–H groups in total. The molecule has 0 aliphatic carbocycles. The first-order valence-electron chi connectivity index (χ1n) is 12.9. The van der Waals surface area contributed by atoms with Gasteiger partial charge in [0.2, 0.25) is 11.0 Å². The van der Waals surface area contributed by atoms with Crippen molar-refractivity contribution in [3.63, 3.8) is 0 Å². The number of thiol groups is 1. The van der Waals surface area contributed by atoms with Crippen molar-refractivity contribution in [1.82, 2.24) is 9.80 Å². The van der Waals surface area contributed by atoms with Crippen molar-refractivity contribution in [1.29, 1.82) is 0 Å². The van der Waals surface area contributed by atoms with Crippen LogP contribution in [0.4, 0.5) is 5.69 Å². The average Bonchev–Trinajstić information content (AvgIpc) is 3.50. The van der Waals surface area contributed by atoms with Gasteiger partial charge in [0.1, 0.15) is 10.6 Å². The molecule has 10 heteroatoms. The minimum Gasteiger partial charge on any atom is -0.392 e. The Labute approximate surface area is 231 Å². The molecule has 2 fully saturated rings. The summed E-state index contributed by atoms with van der Waals surface area (Å²) in [5.74, 6) is -0.897. The number of nitro groups is 1. The van der Waals surface area contributed by atoms with Crippen LogP contribution in [-0.2, 0) is 16.0 Å². The van der Waals surface area contributed by atoms with E-state index in [2.05, 4.69) is 36.6 Å². The van der Waals surface area contributed by atoms with Gasteiger partial charge in [0.25, 0.3) is 5.69 Å². The molecule has 1 unspecified atom stereocenters. The zero-order valence-corrected chi connectivity index (χ0v) is 23.0. The van der Waals surface area contributed by atoms with E-state index < -0.39 is 26.9 Å². The Kier molecular flexibility index (Phi) is 7.43. The molecule has 2 saturated heterocycles. The van der Waals surface area contributed by atoms with E-state index in [1.54, 1.807) is 17.0 Å². The van der Waals surface area contributed by atoms with Crippen molar-refractivity contribution in [2.75, 3.05) is 13.1 Å². The van der Waals surface area contributed by atoms with Crippen LogP contribution in [0.3, 0.4) is 0 Å². The highest BCUT2D eigenvalue weighted by molar-refractivity contribution is 8.05. The van der Waals surface area contributed by atoms with Gasteiger partial charge in [0.15, 0.2) is 0 Å². The minimum atomic E-state index is -0.871. The molecule has 2 aromatic carbocycles. The van der Waals surface area contributed by atoms with Crippen LogP contribution in [-0.4, -0.2) is 54.9 Å². The summed E-state index contributed by atoms with van der Waals surface area (Å²) in [7, 11) is 0. The van der Waals surface area contributed by atoms with Gasteiger partial charge in [-0.3, -0.25) is 29.5 Å². The topological polar surface area (TPSA) is 104 Å². The molecule has 8 nitrogen and oxygen atoms in total. The summed E-state index contributed by atoms with van der Waals surface area (Å²) in [4.78, 5) is 41.0. The molecule has 200 valence electrons. The lowest BCUT2D eigenvalue weighted by Gasteiger charge is -2.55. The predicted octanol–water partition coefficient (Wildman–Crippen LogP) is 4.56. The maximum atomic E-state index is 13.4. The standard InChI is InChI=1S/C28H31N3O5S2/c1-3-22(32)23-26(33)30-24(27(34)37)25(20-13-14-29(16-20)17(2)19-7-5-4-6-8-19)38-28(23,30)15-18-9-11-21(12-10-18)31(35)36/h4-12,17,20,22-23,32H,3,13-16H2,1-2H3,(H,34,37)/t17?,20-,22-,23+,28+/m0/s1. The first-order chi connectivity index (χ1) is 18.2. The van der Waals surface area contributed by atoms with Crippen LogP contribution in [0, 0.1) is 22.0 Å². The Morgan fingerprint density at radius 3 is 2.53 bits per heavy atom. The molecule has 0 spiro atoms. The molecular formula is C28H31N3O5S2. The molecule has 3 aliphatic rings. The Balaban J connectivity index is 1.46. The van der Waals surface area contributed by atoms with Crippen LogP contribution in [0.25, 0.3) is 0 Å². The Morgan fingerprint density at radius 1 is 1.24 bits per heavy atom. The number of aliphatic hydroxyl groups excluding tert-OH is 1. The predicted molar refractivity (Wildman–Crippen MR) is 149 cm³/mol. The molecule has 38 heavy (non-hydrogen) atoms. The number of likely N-dealkylation sites (tertiary alicyclic amines) is 1. The van der Waals surface area contributed by atoms with E-state index in [4.69, 9.17) is 0 Å². The summed E-state index contributed by atoms with van der Waals surface area (Å²) in [6.07, 6.45) is 0.741. The van der Waals surface area contributed by atoms with Crippen molar-refractivity contribution in [2.24, 2.45) is 11.8 Å². The molecule has 3 aliphatic heterocycles. The fraction of sp³-hybridized carbons (Fsp3) is 0.429. The Morgan fingerprint density at radius 2 is 1.92 bits per heavy atom. The normalized spacial score (nSPS) is 26.7. The van der Waals surface area contributed by atoms with E-state index in [1.807, 2.05) is 25.1 Å². The summed E-state index contributed by atoms with van der Waals surface area (Å²) in [5, 5.41) is 21.6. The number of hydrogen-bond acceptors (Lipinski definition) is 7. The van der Waals surface area contributed by atoms with Gasteiger partial charge in [0, 0.05) is 42.0 Å². The van der Waals surface area contributed by atoms with E-state index in [-0.39, 0.29) is 23.6 Å². The molecular weight excluding hydrogens is 522 g/mol. The number of rotatable bonds is 9. The van der Waals surface area contributed by atoms with E-state index in [1.165, 1.54) is 29.5 Å². The van der Waals surface area contributed by atoms with Crippen LogP contribution in [0.1, 0.15) is 43.9 Å². The summed E-state index contributed by atoms with van der Waals surface area (Å²) in [5.41, 5.74) is 2.34. The maximum Gasteiger partial charge on any atom is 0.269 e. The lowest BCUT2D eigenvalue weighted by atomic mass is 9.77. The van der Waals surface area contributed by atoms with Crippen LogP contribution >= 0.6 is 24.4 Å². The number of thioether (sulfide) groups is 1. The summed E-state index contributed by atoms with van der Waals surface area (Å²) in [6.45, 7) is 5.63. The number of amides is 1. The third kappa shape index (κ3) is 4.47. The second kappa shape index (κ2) is 10.5. The Hall–Kier alpha value is -2.66. The zero-order valence-electron chi connectivity index (χ0n) is 21.3. The summed E-state index contributed by atoms with van der Waals surface area (Å²) < 4.78 is 0. The summed E-state index contributed by atoms with van der Waals surface area (Å²) >= 11 is 5.70. The number of nitro benzene ring substituents is 1. The van der Waals surface area contributed by atoms with Gasteiger partial charge in [-0.25, -0.2) is 0 Å². The van der Waals surface area contributed by atoms with Crippen LogP contribution in [0.2, 0.25) is 0 Å². The van der Waals surface area contributed by atoms with Crippen molar-refractivity contribution in [2.45, 2.75) is 50.1 Å². The first kappa shape index (κ1) is 26.9. The maximum absolute atomic E-state index is 13.4. The molecule has 5 rings (SSSR count). The van der Waals surface area contributed by atoms with Crippen molar-refractivity contribution >= 4 is 41.1 Å². The molecule has 0 saturated carbocycles. The monoisotopic (exact) mass is 553 g/mol. The van der Waals surface area contributed by atoms with E-state index >= 15 is 0 Å². The van der Waals surface area contributed by atoms with Crippen molar-refractivity contribution in [3.8, 4) is 0 Å². The number of fused-ring (bicyclic) bond motifs is 1. The zero-order chi connectivity index (χ0) is 27.2. The van der Waals surface area contributed by atoms with Gasteiger partial charge >= 0.3 is 0 Å². The minimum absolute atomic E-state index is 0.0133. The lowest BCUT2D eigenvalue weighted by molar-refractivity contribution is -0.384. The average molecular weight is 554 g/mol. The third-order valence-corrected chi connectivity index (χ3v) is 10.0. The molecule has 5 atom stereocenters. The highest BCUT2D eigenvalue weighted by Crippen LogP contribution is 2.63. The van der Waals surface area contributed by atoms with Crippen LogP contribution in [0.5, 0.6) is 0 Å². The smallest absolute Gasteiger partial charge is 0.269 e. The van der Waals surface area contributed by atoms with E-state index in [9.17, 15) is 24.8 Å². The van der Waals surface area contributed by atoms with E-state index in [0.29, 0.717) is 18.5 Å². The SMILES string of the molecule is CC[C@H](O)[C@@H]1C(=O)N2C(C(=O)S)=C([C@H]3CCN(C(C)c4ccccc4)C3)S[C@]12Cc1ccc([N+](=O)[O-])cc1. The fourth-order valence-corrected chi connectivity index (χ4v) is 8.29. The van der Waals surface area contributed by atoms with Crippen molar-refractivity contribution in [3.05, 3.63) is 86.4 Å². The first-order valence-corrected chi connectivity index (χ1v) is 14.1. The molecule has 0 radical (unpaired) electrons. The fourth-order valence-electron chi connectivity index (χ4n) is 6.08. The number of carbonyl (C=O) groups excluding carboxylic acids is 2. The van der Waals surface area contributed by atoms with Gasteiger partial charge in [-0.05, 0) is 37.4 Å². The Bertz CT molecular complexity index is 1290. The number of benzene rings is 2. The van der Waals surface area contributed by atoms with Gasteiger partial charge in [-0.2, -0.15) is 0 Å². The number of nitrogens with zero attached hydrogens (tertiary/aromatic N) is 3. The van der Waals surface area contributed by atoms with Crippen LogP contribution < -0.4 is 0 Å². The number of β-lactam (4-membered cyclic amide) rings is 1. The van der Waals surface area contributed by atoms with Crippen LogP contribution in [0.15, 0.2) is 65.2 Å². The second-order valence-corrected chi connectivity index (χ2v) is 12.0. The quantitative estimate of drug-likeness (QED) is 0.203. The van der Waals surface area contributed by atoms with E-state index in [0.717, 1.165) is 30.0 Å². The molecule has 0 bridgehead atoms. The number of hydrogen-bond donors (Lipinski definition) is 2. The number of carbonyl (C=O) groups is 2. The summed E-state index contributed by atoms with van der Waals surface area (Å²) in [6, 6.07) is 16.8. The van der Waals surface area contributed by atoms with Gasteiger partial charge in [0.05, 0.1) is 16.9 Å². The third-order valence-electron chi connectivity index (χ3n) is 8.12. The number of aliphatic hydroxyl groups is 1. The number of non-ortho nitro benzene ring substituents is 1.